The van der Waals surface area contributed by atoms with Gasteiger partial charge in [0.05, 0.1) is 16.4 Å². The van der Waals surface area contributed by atoms with Crippen LogP contribution in [-0.2, 0) is 14.3 Å². The van der Waals surface area contributed by atoms with E-state index >= 15 is 0 Å². The molecule has 0 saturated carbocycles. The summed E-state index contributed by atoms with van der Waals surface area (Å²) in [4.78, 5) is 41.2. The molecule has 2 N–H and O–H groups in total. The van der Waals surface area contributed by atoms with E-state index in [2.05, 4.69) is 20.7 Å². The molecular formula is C21H22ClN5O4S. The predicted molar refractivity (Wildman–Crippen MR) is 122 cm³/mol. The second-order valence-electron chi connectivity index (χ2n) is 7.95. The number of aromatic nitrogens is 3. The summed E-state index contributed by atoms with van der Waals surface area (Å²) in [6.07, 6.45) is 2.85. The molecule has 32 heavy (non-hydrogen) atoms. The molecule has 2 amide bonds. The second kappa shape index (κ2) is 9.49. The van der Waals surface area contributed by atoms with Crippen molar-refractivity contribution in [2.75, 3.05) is 17.2 Å². The summed E-state index contributed by atoms with van der Waals surface area (Å²) >= 11 is 7.14. The van der Waals surface area contributed by atoms with Gasteiger partial charge in [0.15, 0.2) is 6.61 Å². The Morgan fingerprint density at radius 2 is 1.94 bits per heavy atom. The lowest BCUT2D eigenvalue weighted by molar-refractivity contribution is -0.123. The number of hydrogen-bond acceptors (Lipinski definition) is 7. The third-order valence-electron chi connectivity index (χ3n) is 4.25. The van der Waals surface area contributed by atoms with Gasteiger partial charge in [-0.1, -0.05) is 32.4 Å². The molecule has 168 valence electrons. The monoisotopic (exact) mass is 475 g/mol. The number of nitrogens with one attached hydrogen (secondary N) is 2. The average molecular weight is 476 g/mol. The fourth-order valence-corrected chi connectivity index (χ4v) is 3.70. The van der Waals surface area contributed by atoms with Crippen molar-refractivity contribution < 1.29 is 19.1 Å². The van der Waals surface area contributed by atoms with Crippen molar-refractivity contribution >= 4 is 51.4 Å². The van der Waals surface area contributed by atoms with E-state index in [4.69, 9.17) is 16.3 Å². The Balaban J connectivity index is 1.63. The number of aryl methyl sites for hydroxylation is 1. The van der Waals surface area contributed by atoms with E-state index in [0.29, 0.717) is 31.8 Å². The largest absolute Gasteiger partial charge is 0.451 e. The van der Waals surface area contributed by atoms with Crippen LogP contribution in [0.5, 0.6) is 0 Å². The van der Waals surface area contributed by atoms with E-state index in [1.807, 2.05) is 0 Å². The van der Waals surface area contributed by atoms with Crippen molar-refractivity contribution in [1.82, 2.24) is 14.8 Å². The standard InChI is InChI=1S/C21H22ClN5O4S/c1-12-7-17(26-20(30)21(2,3)4)32-18(12)19(29)31-9-16(28)25-14-8-13(22)5-6-15(14)27-11-23-10-24-27/h5-8,10-11H,9H2,1-4H3,(H,25,28)(H,26,30). The van der Waals surface area contributed by atoms with E-state index in [9.17, 15) is 14.4 Å². The van der Waals surface area contributed by atoms with Gasteiger partial charge in [0.1, 0.15) is 17.5 Å². The lowest BCUT2D eigenvalue weighted by atomic mass is 9.96. The number of hydrogen-bond donors (Lipinski definition) is 2. The quantitative estimate of drug-likeness (QED) is 0.519. The zero-order chi connectivity index (χ0) is 23.5. The molecular weight excluding hydrogens is 454 g/mol. The summed E-state index contributed by atoms with van der Waals surface area (Å²) in [7, 11) is 0. The first-order valence-corrected chi connectivity index (χ1v) is 10.8. The smallest absolute Gasteiger partial charge is 0.349 e. The Labute approximate surface area is 193 Å². The fourth-order valence-electron chi connectivity index (χ4n) is 2.57. The first-order chi connectivity index (χ1) is 15.0. The molecule has 2 aromatic heterocycles. The number of rotatable bonds is 6. The van der Waals surface area contributed by atoms with Gasteiger partial charge >= 0.3 is 5.97 Å². The van der Waals surface area contributed by atoms with E-state index in [1.165, 1.54) is 17.3 Å². The topological polar surface area (TPSA) is 115 Å². The number of anilines is 2. The molecule has 0 fully saturated rings. The highest BCUT2D eigenvalue weighted by molar-refractivity contribution is 7.18. The number of carbonyl (C=O) groups is 3. The summed E-state index contributed by atoms with van der Waals surface area (Å²) in [6, 6.07) is 6.60. The van der Waals surface area contributed by atoms with Crippen molar-refractivity contribution in [3.63, 3.8) is 0 Å². The minimum Gasteiger partial charge on any atom is -0.451 e. The first kappa shape index (κ1) is 23.4. The summed E-state index contributed by atoms with van der Waals surface area (Å²) in [5, 5.41) is 10.5. The predicted octanol–water partition coefficient (Wildman–Crippen LogP) is 4.07. The van der Waals surface area contributed by atoms with Crippen LogP contribution in [0.1, 0.15) is 36.0 Å². The lowest BCUT2D eigenvalue weighted by Crippen LogP contribution is -2.27. The van der Waals surface area contributed by atoms with Gasteiger partial charge in [-0.05, 0) is 36.8 Å². The van der Waals surface area contributed by atoms with Crippen molar-refractivity contribution in [3.05, 3.63) is 52.4 Å². The molecule has 0 spiro atoms. The number of halogens is 1. The van der Waals surface area contributed by atoms with Gasteiger partial charge in [0, 0.05) is 10.4 Å². The molecule has 3 aromatic rings. The number of ether oxygens (including phenoxy) is 1. The number of thiophene rings is 1. The Morgan fingerprint density at radius 3 is 2.59 bits per heavy atom. The van der Waals surface area contributed by atoms with Crippen LogP contribution in [0.3, 0.4) is 0 Å². The molecule has 0 radical (unpaired) electrons. The molecule has 9 nitrogen and oxygen atoms in total. The minimum absolute atomic E-state index is 0.164. The van der Waals surface area contributed by atoms with E-state index in [1.54, 1.807) is 52.0 Å². The molecule has 11 heteroatoms. The van der Waals surface area contributed by atoms with Crippen LogP contribution in [0.2, 0.25) is 5.02 Å². The molecule has 0 atom stereocenters. The summed E-state index contributed by atoms with van der Waals surface area (Å²) in [5.41, 5.74) is 1.03. The lowest BCUT2D eigenvalue weighted by Gasteiger charge is -2.16. The highest BCUT2D eigenvalue weighted by Gasteiger charge is 2.23. The third kappa shape index (κ3) is 5.71. The van der Waals surface area contributed by atoms with Crippen molar-refractivity contribution in [1.29, 1.82) is 0 Å². The molecule has 0 bridgehead atoms. The van der Waals surface area contributed by atoms with Crippen molar-refractivity contribution in [2.45, 2.75) is 27.7 Å². The molecule has 0 saturated heterocycles. The van der Waals surface area contributed by atoms with Crippen LogP contribution < -0.4 is 10.6 Å². The Morgan fingerprint density at radius 1 is 1.19 bits per heavy atom. The van der Waals surface area contributed by atoms with Gasteiger partial charge in [0.2, 0.25) is 5.91 Å². The molecule has 2 heterocycles. The van der Waals surface area contributed by atoms with Gasteiger partial charge in [-0.15, -0.1) is 11.3 Å². The Bertz CT molecular complexity index is 1150. The second-order valence-corrected chi connectivity index (χ2v) is 9.44. The maximum Gasteiger partial charge on any atom is 0.349 e. The van der Waals surface area contributed by atoms with E-state index < -0.39 is 23.9 Å². The molecule has 0 aliphatic rings. The first-order valence-electron chi connectivity index (χ1n) is 9.58. The number of amides is 2. The minimum atomic E-state index is -0.651. The van der Waals surface area contributed by atoms with Gasteiger partial charge < -0.3 is 15.4 Å². The molecule has 0 aliphatic carbocycles. The third-order valence-corrected chi connectivity index (χ3v) is 5.62. The average Bonchev–Trinajstić information content (AvgIpc) is 3.35. The molecule has 1 aromatic carbocycles. The number of nitrogens with zero attached hydrogens (tertiary/aromatic N) is 3. The van der Waals surface area contributed by atoms with Gasteiger partial charge in [-0.25, -0.2) is 14.5 Å². The molecule has 3 rings (SSSR count). The zero-order valence-corrected chi connectivity index (χ0v) is 19.5. The zero-order valence-electron chi connectivity index (χ0n) is 17.9. The van der Waals surface area contributed by atoms with Crippen LogP contribution in [0.4, 0.5) is 10.7 Å². The van der Waals surface area contributed by atoms with Crippen LogP contribution in [0.15, 0.2) is 36.9 Å². The fraction of sp³-hybridized carbons (Fsp3) is 0.286. The van der Waals surface area contributed by atoms with E-state index in [-0.39, 0.29) is 5.91 Å². The molecule has 0 unspecified atom stereocenters. The molecule has 0 aliphatic heterocycles. The summed E-state index contributed by atoms with van der Waals surface area (Å²) < 4.78 is 6.64. The number of benzene rings is 1. The van der Waals surface area contributed by atoms with Crippen LogP contribution in [0.25, 0.3) is 5.69 Å². The van der Waals surface area contributed by atoms with Crippen molar-refractivity contribution in [2.24, 2.45) is 5.41 Å². The van der Waals surface area contributed by atoms with Crippen molar-refractivity contribution in [3.8, 4) is 5.69 Å². The van der Waals surface area contributed by atoms with Crippen LogP contribution in [-0.4, -0.2) is 39.2 Å². The highest BCUT2D eigenvalue weighted by atomic mass is 35.5. The number of esters is 1. The Kier molecular flexibility index (Phi) is 6.95. The van der Waals surface area contributed by atoms with E-state index in [0.717, 1.165) is 11.3 Å². The maximum atomic E-state index is 12.5. The van der Waals surface area contributed by atoms with Gasteiger partial charge in [-0.2, -0.15) is 5.10 Å². The van der Waals surface area contributed by atoms with Gasteiger partial charge in [-0.3, -0.25) is 9.59 Å². The Hall–Kier alpha value is -3.24. The van der Waals surface area contributed by atoms with Crippen LogP contribution in [0, 0.1) is 12.3 Å². The summed E-state index contributed by atoms with van der Waals surface area (Å²) in [5.74, 6) is -1.36. The normalized spacial score (nSPS) is 11.2. The van der Waals surface area contributed by atoms with Gasteiger partial charge in [0.25, 0.3) is 5.91 Å². The highest BCUT2D eigenvalue weighted by Crippen LogP contribution is 2.29. The SMILES string of the molecule is Cc1cc(NC(=O)C(C)(C)C)sc1C(=O)OCC(=O)Nc1cc(Cl)ccc1-n1cncn1. The maximum absolute atomic E-state index is 12.5. The van der Waals surface area contributed by atoms with Crippen LogP contribution >= 0.6 is 22.9 Å². The number of carbonyl (C=O) groups excluding carboxylic acids is 3. The summed E-state index contributed by atoms with van der Waals surface area (Å²) in [6.45, 7) is 6.62.